The Morgan fingerprint density at radius 1 is 1.32 bits per heavy atom. The number of nitrogens with zero attached hydrogens (tertiary/aromatic N) is 5. The lowest BCUT2D eigenvalue weighted by atomic mass is 9.94. The van der Waals surface area contributed by atoms with E-state index >= 15 is 0 Å². The highest BCUT2D eigenvalue weighted by molar-refractivity contribution is 7.16. The van der Waals surface area contributed by atoms with Gasteiger partial charge in [0.05, 0.1) is 29.3 Å². The zero-order chi connectivity index (χ0) is 22.0. The molecule has 2 aliphatic heterocycles. The van der Waals surface area contributed by atoms with Gasteiger partial charge in [0.15, 0.2) is 5.13 Å². The van der Waals surface area contributed by atoms with Crippen molar-refractivity contribution in [3.05, 3.63) is 46.5 Å². The number of rotatable bonds is 3. The van der Waals surface area contributed by atoms with Crippen molar-refractivity contribution in [2.24, 2.45) is 10.9 Å². The van der Waals surface area contributed by atoms with Crippen LogP contribution in [0.4, 0.5) is 9.93 Å². The SMILES string of the molecule is CC1=CC(c2sc(NC(=O)N3CC[C@H](C#N)C3)nc2-c2cccc(C#N)c2)CC(C)=N1. The molecular formula is C23H22N6OS. The fraction of sp³-hybridized carbons (Fsp3) is 0.348. The summed E-state index contributed by atoms with van der Waals surface area (Å²) in [4.78, 5) is 24.7. The van der Waals surface area contributed by atoms with Gasteiger partial charge >= 0.3 is 6.03 Å². The molecule has 1 aromatic heterocycles. The molecule has 0 radical (unpaired) electrons. The third-order valence-corrected chi connectivity index (χ3v) is 6.55. The molecule has 156 valence electrons. The minimum absolute atomic E-state index is 0.108. The predicted octanol–water partition coefficient (Wildman–Crippen LogP) is 4.91. The van der Waals surface area contributed by atoms with Crippen molar-refractivity contribution in [3.8, 4) is 23.4 Å². The molecular weight excluding hydrogens is 408 g/mol. The summed E-state index contributed by atoms with van der Waals surface area (Å²) in [5, 5.41) is 21.8. The number of hydrogen-bond acceptors (Lipinski definition) is 6. The van der Waals surface area contributed by atoms with Crippen LogP contribution in [-0.2, 0) is 0 Å². The molecule has 4 rings (SSSR count). The van der Waals surface area contributed by atoms with Crippen LogP contribution in [0.1, 0.15) is 43.0 Å². The number of carbonyl (C=O) groups is 1. The molecule has 0 spiro atoms. The number of likely N-dealkylation sites (tertiary alicyclic amines) is 1. The molecule has 2 aliphatic rings. The number of hydrogen-bond donors (Lipinski definition) is 1. The summed E-state index contributed by atoms with van der Waals surface area (Å²) in [6.45, 7) is 5.01. The molecule has 1 fully saturated rings. The molecule has 2 amide bonds. The van der Waals surface area contributed by atoms with Gasteiger partial charge < -0.3 is 4.90 Å². The van der Waals surface area contributed by atoms with Crippen LogP contribution in [-0.4, -0.2) is 34.7 Å². The third kappa shape index (κ3) is 4.50. The summed E-state index contributed by atoms with van der Waals surface area (Å²) in [6, 6.07) is 11.5. The molecule has 0 aliphatic carbocycles. The fourth-order valence-electron chi connectivity index (χ4n) is 4.02. The largest absolute Gasteiger partial charge is 0.323 e. The summed E-state index contributed by atoms with van der Waals surface area (Å²) in [5.41, 5.74) is 4.21. The highest BCUT2D eigenvalue weighted by Crippen LogP contribution is 2.40. The summed E-state index contributed by atoms with van der Waals surface area (Å²) in [6.07, 6.45) is 3.61. The normalized spacial score (nSPS) is 20.5. The molecule has 7 nitrogen and oxygen atoms in total. The Morgan fingerprint density at radius 2 is 2.16 bits per heavy atom. The number of benzene rings is 1. The molecule has 1 unspecified atom stereocenters. The van der Waals surface area contributed by atoms with Gasteiger partial charge in [-0.2, -0.15) is 10.5 Å². The number of thiazole rings is 1. The minimum atomic E-state index is -0.233. The van der Waals surface area contributed by atoms with Crippen LogP contribution in [0.15, 0.2) is 41.0 Å². The van der Waals surface area contributed by atoms with Gasteiger partial charge in [0.25, 0.3) is 0 Å². The van der Waals surface area contributed by atoms with E-state index in [-0.39, 0.29) is 17.9 Å². The first-order valence-corrected chi connectivity index (χ1v) is 11.0. The Hall–Kier alpha value is -3.49. The molecule has 1 N–H and O–H groups in total. The van der Waals surface area contributed by atoms with Crippen LogP contribution >= 0.6 is 11.3 Å². The van der Waals surface area contributed by atoms with Crippen LogP contribution in [0.5, 0.6) is 0 Å². The van der Waals surface area contributed by atoms with E-state index < -0.39 is 0 Å². The number of nitrogens with one attached hydrogen (secondary N) is 1. The third-order valence-electron chi connectivity index (χ3n) is 5.45. The number of allylic oxidation sites excluding steroid dienone is 2. The summed E-state index contributed by atoms with van der Waals surface area (Å²) in [7, 11) is 0. The molecule has 3 heterocycles. The van der Waals surface area contributed by atoms with Crippen LogP contribution in [0.2, 0.25) is 0 Å². The van der Waals surface area contributed by atoms with Gasteiger partial charge in [-0.3, -0.25) is 10.3 Å². The molecule has 1 aromatic carbocycles. The van der Waals surface area contributed by atoms with E-state index in [4.69, 9.17) is 10.2 Å². The number of anilines is 1. The molecule has 1 saturated heterocycles. The zero-order valence-corrected chi connectivity index (χ0v) is 18.2. The van der Waals surface area contributed by atoms with Gasteiger partial charge in [0.1, 0.15) is 0 Å². The Morgan fingerprint density at radius 3 is 2.87 bits per heavy atom. The lowest BCUT2D eigenvalue weighted by molar-refractivity contribution is 0.222. The maximum atomic E-state index is 12.7. The summed E-state index contributed by atoms with van der Waals surface area (Å²) in [5.74, 6) is -0.00403. The molecule has 2 aromatic rings. The van der Waals surface area contributed by atoms with Gasteiger partial charge in [0, 0.05) is 40.9 Å². The monoisotopic (exact) mass is 430 g/mol. The quantitative estimate of drug-likeness (QED) is 0.746. The standard InChI is InChI=1S/C23H22N6OS/c1-14-8-19(9-15(2)26-14)21-20(18-5-3-4-16(10-18)11-24)27-22(31-21)28-23(30)29-7-6-17(12-25)13-29/h3-5,8,10,17,19H,6-7,9,13H2,1-2H3,(H,27,28,30)/t17-,19?/m1/s1. The van der Waals surface area contributed by atoms with Crippen molar-refractivity contribution in [1.29, 1.82) is 10.5 Å². The number of aliphatic imine (C=N–C) groups is 1. The molecule has 31 heavy (non-hydrogen) atoms. The minimum Gasteiger partial charge on any atom is -0.323 e. The Labute approximate surface area is 185 Å². The first kappa shape index (κ1) is 20.8. The first-order valence-electron chi connectivity index (χ1n) is 10.2. The number of urea groups is 1. The number of nitriles is 2. The predicted molar refractivity (Wildman–Crippen MR) is 121 cm³/mol. The van der Waals surface area contributed by atoms with Gasteiger partial charge in [0.2, 0.25) is 0 Å². The Balaban J connectivity index is 1.67. The van der Waals surface area contributed by atoms with Crippen molar-refractivity contribution in [2.45, 2.75) is 32.6 Å². The average molecular weight is 431 g/mol. The second kappa shape index (κ2) is 8.71. The lowest BCUT2D eigenvalue weighted by Gasteiger charge is -2.18. The van der Waals surface area contributed by atoms with E-state index in [1.165, 1.54) is 11.3 Å². The van der Waals surface area contributed by atoms with E-state index in [1.54, 1.807) is 11.0 Å². The van der Waals surface area contributed by atoms with Gasteiger partial charge in [-0.05, 0) is 38.8 Å². The second-order valence-corrected chi connectivity index (χ2v) is 8.91. The van der Waals surface area contributed by atoms with Crippen molar-refractivity contribution >= 4 is 28.2 Å². The maximum absolute atomic E-state index is 12.7. The van der Waals surface area contributed by atoms with E-state index in [0.29, 0.717) is 30.2 Å². The average Bonchev–Trinajstić information content (AvgIpc) is 3.40. The second-order valence-electron chi connectivity index (χ2n) is 7.88. The highest BCUT2D eigenvalue weighted by Gasteiger charge is 2.28. The number of amides is 2. The van der Waals surface area contributed by atoms with Gasteiger partial charge in [-0.15, -0.1) is 11.3 Å². The Bertz CT molecular complexity index is 1170. The van der Waals surface area contributed by atoms with Gasteiger partial charge in [-0.25, -0.2) is 9.78 Å². The van der Waals surface area contributed by atoms with Crippen molar-refractivity contribution in [1.82, 2.24) is 9.88 Å². The van der Waals surface area contributed by atoms with E-state index in [1.807, 2.05) is 32.0 Å². The van der Waals surface area contributed by atoms with E-state index in [2.05, 4.69) is 28.5 Å². The fourth-order valence-corrected chi connectivity index (χ4v) is 5.07. The molecule has 2 atom stereocenters. The number of carbonyl (C=O) groups excluding carboxylic acids is 1. The van der Waals surface area contributed by atoms with Crippen LogP contribution in [0, 0.1) is 28.6 Å². The summed E-state index contributed by atoms with van der Waals surface area (Å²) >= 11 is 1.45. The van der Waals surface area contributed by atoms with Crippen molar-refractivity contribution in [2.75, 3.05) is 18.4 Å². The maximum Gasteiger partial charge on any atom is 0.323 e. The zero-order valence-electron chi connectivity index (χ0n) is 17.4. The Kier molecular flexibility index (Phi) is 5.83. The van der Waals surface area contributed by atoms with Crippen molar-refractivity contribution in [3.63, 3.8) is 0 Å². The van der Waals surface area contributed by atoms with Crippen LogP contribution in [0.3, 0.4) is 0 Å². The van der Waals surface area contributed by atoms with Crippen LogP contribution in [0.25, 0.3) is 11.3 Å². The topological polar surface area (TPSA) is 105 Å². The molecule has 0 saturated carbocycles. The smallest absolute Gasteiger partial charge is 0.323 e. The highest BCUT2D eigenvalue weighted by atomic mass is 32.1. The first-order chi connectivity index (χ1) is 15.0. The van der Waals surface area contributed by atoms with Gasteiger partial charge in [-0.1, -0.05) is 18.2 Å². The van der Waals surface area contributed by atoms with Crippen molar-refractivity contribution < 1.29 is 4.79 Å². The van der Waals surface area contributed by atoms with E-state index in [9.17, 15) is 10.1 Å². The number of aromatic nitrogens is 1. The lowest BCUT2D eigenvalue weighted by Crippen LogP contribution is -2.32. The molecule has 8 heteroatoms. The molecule has 0 bridgehead atoms. The van der Waals surface area contributed by atoms with Crippen LogP contribution < -0.4 is 5.32 Å². The van der Waals surface area contributed by atoms with E-state index in [0.717, 1.165) is 34.0 Å². The summed E-state index contributed by atoms with van der Waals surface area (Å²) < 4.78 is 0.